The van der Waals surface area contributed by atoms with Crippen LogP contribution < -0.4 is 0 Å². The van der Waals surface area contributed by atoms with Gasteiger partial charge in [0.15, 0.2) is 12.2 Å². The quantitative estimate of drug-likeness (QED) is 0.0222. The Morgan fingerprint density at radius 2 is 0.422 bits per heavy atom. The third kappa shape index (κ3) is 83.8. The minimum atomic E-state index is -4.97. The molecular weight excluding hydrogens is 1410 g/mol. The van der Waals surface area contributed by atoms with Crippen LogP contribution in [0, 0.1) is 5.92 Å². The number of aliphatic hydroxyl groups is 1. The van der Waals surface area contributed by atoms with Crippen LogP contribution in [-0.2, 0) is 65.4 Å². The van der Waals surface area contributed by atoms with Crippen molar-refractivity contribution in [3.05, 3.63) is 0 Å². The van der Waals surface area contributed by atoms with E-state index in [2.05, 4.69) is 34.6 Å². The first-order valence-corrected chi connectivity index (χ1v) is 49.6. The van der Waals surface area contributed by atoms with E-state index in [9.17, 15) is 43.2 Å². The molecular formula is C90H176O17P2. The Bertz CT molecular complexity index is 2070. The number of phosphoric acid groups is 2. The highest BCUT2D eigenvalue weighted by molar-refractivity contribution is 7.47. The van der Waals surface area contributed by atoms with Crippen LogP contribution in [0.15, 0.2) is 0 Å². The maximum atomic E-state index is 13.2. The van der Waals surface area contributed by atoms with Crippen molar-refractivity contribution in [1.82, 2.24) is 0 Å². The summed E-state index contributed by atoms with van der Waals surface area (Å²) < 4.78 is 69.0. The van der Waals surface area contributed by atoms with E-state index in [-0.39, 0.29) is 25.7 Å². The summed E-state index contributed by atoms with van der Waals surface area (Å²) in [6, 6.07) is 0. The molecule has 0 heterocycles. The van der Waals surface area contributed by atoms with Gasteiger partial charge in [0.25, 0.3) is 0 Å². The van der Waals surface area contributed by atoms with Crippen molar-refractivity contribution in [3.8, 4) is 0 Å². The SMILES string of the molecule is CCCCCCCCCCCCCCCCCCCCCCCCC(=O)O[C@H](COC(=O)CCCCCCCCCCCCCCCCCCCCCCC)COP(=O)(O)OC[C@@H](O)COP(=O)(O)OC[C@@H](COC(=O)CCCCCCCCCCCCCC)OC(=O)CCCCCCCCCCCCCC(C)C. The molecule has 0 amide bonds. The van der Waals surface area contributed by atoms with Gasteiger partial charge in [-0.05, 0) is 31.6 Å². The van der Waals surface area contributed by atoms with Crippen molar-refractivity contribution in [1.29, 1.82) is 0 Å². The van der Waals surface area contributed by atoms with E-state index < -0.39 is 97.5 Å². The Kier molecular flexibility index (Phi) is 81.1. The van der Waals surface area contributed by atoms with Crippen molar-refractivity contribution in [3.63, 3.8) is 0 Å². The van der Waals surface area contributed by atoms with E-state index >= 15 is 0 Å². The molecule has 109 heavy (non-hydrogen) atoms. The molecule has 0 aliphatic rings. The van der Waals surface area contributed by atoms with E-state index in [4.69, 9.17) is 37.0 Å². The molecule has 3 N–H and O–H groups in total. The Labute approximate surface area is 670 Å². The van der Waals surface area contributed by atoms with Crippen LogP contribution in [0.4, 0.5) is 0 Å². The summed E-state index contributed by atoms with van der Waals surface area (Å²) in [5.41, 5.74) is 0. The normalized spacial score (nSPS) is 13.7. The molecule has 19 heteroatoms. The average molecular weight is 1590 g/mol. The summed E-state index contributed by atoms with van der Waals surface area (Å²) >= 11 is 0. The minimum Gasteiger partial charge on any atom is -0.462 e. The number of aliphatic hydroxyl groups excluding tert-OH is 1. The molecule has 0 saturated heterocycles. The lowest BCUT2D eigenvalue weighted by Gasteiger charge is -2.21. The fourth-order valence-electron chi connectivity index (χ4n) is 14.2. The second-order valence-electron chi connectivity index (χ2n) is 32.8. The van der Waals surface area contributed by atoms with Crippen molar-refractivity contribution >= 4 is 39.5 Å². The van der Waals surface area contributed by atoms with Gasteiger partial charge in [-0.1, -0.05) is 439 Å². The molecule has 0 saturated carbocycles. The number of ether oxygens (including phenoxy) is 4. The van der Waals surface area contributed by atoms with Crippen LogP contribution in [0.2, 0.25) is 0 Å². The van der Waals surface area contributed by atoms with Crippen molar-refractivity contribution in [2.45, 2.75) is 509 Å². The molecule has 2 unspecified atom stereocenters. The molecule has 0 aromatic carbocycles. The largest absolute Gasteiger partial charge is 0.472 e. The standard InChI is InChI=1S/C90H176O17P2/c1-6-9-12-15-18-21-24-27-29-31-33-35-37-39-41-43-45-50-55-60-65-70-75-89(94)106-85(80-101-88(93)74-69-64-59-54-49-44-42-40-38-36-34-32-30-28-25-22-19-16-13-10-7-2)81-104-108(96,97)102-77-84(91)78-103-109(98,99)105-82-86(79-100-87(92)73-68-63-58-53-48-26-23-20-17-14-11-8-3)107-90(95)76-71-66-61-56-51-46-47-52-57-62-67-72-83(4)5/h83-86,91H,6-82H2,1-5H3,(H,96,97)(H,98,99)/t84-,85-,86-/m1/s1. The topological polar surface area (TPSA) is 237 Å². The summed E-state index contributed by atoms with van der Waals surface area (Å²) in [5.74, 6) is -1.33. The smallest absolute Gasteiger partial charge is 0.462 e. The molecule has 648 valence electrons. The Morgan fingerprint density at radius 3 is 0.624 bits per heavy atom. The fourth-order valence-corrected chi connectivity index (χ4v) is 15.8. The van der Waals surface area contributed by atoms with Crippen molar-refractivity contribution in [2.75, 3.05) is 39.6 Å². The van der Waals surface area contributed by atoms with Gasteiger partial charge in [0.2, 0.25) is 0 Å². The summed E-state index contributed by atoms with van der Waals surface area (Å²) in [7, 11) is -9.93. The molecule has 0 fully saturated rings. The first kappa shape index (κ1) is 107. The van der Waals surface area contributed by atoms with E-state index in [0.29, 0.717) is 25.7 Å². The molecule has 5 atom stereocenters. The maximum Gasteiger partial charge on any atom is 0.472 e. The molecule has 0 aliphatic carbocycles. The molecule has 17 nitrogen and oxygen atoms in total. The molecule has 0 aliphatic heterocycles. The highest BCUT2D eigenvalue weighted by Gasteiger charge is 2.31. The number of esters is 4. The number of carbonyl (C=O) groups excluding carboxylic acids is 4. The predicted molar refractivity (Wildman–Crippen MR) is 451 cm³/mol. The third-order valence-corrected chi connectivity index (χ3v) is 23.2. The van der Waals surface area contributed by atoms with Crippen molar-refractivity contribution < 1.29 is 80.2 Å². The first-order chi connectivity index (χ1) is 53.0. The Balaban J connectivity index is 5.22. The number of phosphoric ester groups is 2. The molecule has 0 bridgehead atoms. The second-order valence-corrected chi connectivity index (χ2v) is 35.7. The number of hydrogen-bond acceptors (Lipinski definition) is 15. The number of unbranched alkanes of at least 4 members (excludes halogenated alkanes) is 62. The Hall–Kier alpha value is -1.94. The van der Waals surface area contributed by atoms with E-state index in [1.54, 1.807) is 0 Å². The molecule has 0 aromatic heterocycles. The highest BCUT2D eigenvalue weighted by atomic mass is 31.2. The van der Waals surface area contributed by atoms with Gasteiger partial charge in [-0.15, -0.1) is 0 Å². The average Bonchev–Trinajstić information content (AvgIpc) is 0.900. The number of rotatable bonds is 90. The molecule has 0 spiro atoms. The highest BCUT2D eigenvalue weighted by Crippen LogP contribution is 2.45. The second kappa shape index (κ2) is 82.6. The molecule has 0 rings (SSSR count). The van der Waals surface area contributed by atoms with Crippen LogP contribution in [0.1, 0.15) is 490 Å². The molecule has 0 aromatic rings. The van der Waals surface area contributed by atoms with Gasteiger partial charge >= 0.3 is 39.5 Å². The zero-order chi connectivity index (χ0) is 79.7. The monoisotopic (exact) mass is 1590 g/mol. The van der Waals surface area contributed by atoms with E-state index in [1.807, 2.05) is 0 Å². The van der Waals surface area contributed by atoms with Gasteiger partial charge in [-0.2, -0.15) is 0 Å². The summed E-state index contributed by atoms with van der Waals surface area (Å²) in [6.07, 6.45) is 77.9. The van der Waals surface area contributed by atoms with Gasteiger partial charge in [-0.25, -0.2) is 9.13 Å². The number of hydrogen-bond donors (Lipinski definition) is 3. The lowest BCUT2D eigenvalue weighted by atomic mass is 10.0. The van der Waals surface area contributed by atoms with Gasteiger partial charge in [-0.3, -0.25) is 37.3 Å². The van der Waals surface area contributed by atoms with Crippen LogP contribution in [0.25, 0.3) is 0 Å². The van der Waals surface area contributed by atoms with Gasteiger partial charge in [0.1, 0.15) is 19.3 Å². The Morgan fingerprint density at radius 1 is 0.248 bits per heavy atom. The van der Waals surface area contributed by atoms with Gasteiger partial charge in [0, 0.05) is 25.7 Å². The summed E-state index contributed by atoms with van der Waals surface area (Å²) in [6.45, 7) is 7.38. The predicted octanol–water partition coefficient (Wildman–Crippen LogP) is 27.9. The lowest BCUT2D eigenvalue weighted by molar-refractivity contribution is -0.161. The molecule has 0 radical (unpaired) electrons. The zero-order valence-corrected chi connectivity index (χ0v) is 73.5. The summed E-state index contributed by atoms with van der Waals surface area (Å²) in [5, 5.41) is 10.7. The van der Waals surface area contributed by atoms with Gasteiger partial charge < -0.3 is 33.8 Å². The fraction of sp³-hybridized carbons (Fsp3) is 0.956. The number of carbonyl (C=O) groups is 4. The van der Waals surface area contributed by atoms with Gasteiger partial charge in [0.05, 0.1) is 26.4 Å². The van der Waals surface area contributed by atoms with Crippen molar-refractivity contribution in [2.24, 2.45) is 5.92 Å². The zero-order valence-electron chi connectivity index (χ0n) is 71.7. The maximum absolute atomic E-state index is 13.2. The van der Waals surface area contributed by atoms with E-state index in [0.717, 1.165) is 95.8 Å². The first-order valence-electron chi connectivity index (χ1n) is 46.6. The minimum absolute atomic E-state index is 0.107. The van der Waals surface area contributed by atoms with Crippen LogP contribution in [0.5, 0.6) is 0 Å². The summed E-state index contributed by atoms with van der Waals surface area (Å²) in [4.78, 5) is 73.4. The lowest BCUT2D eigenvalue weighted by Crippen LogP contribution is -2.30. The van der Waals surface area contributed by atoms with E-state index in [1.165, 1.54) is 315 Å². The van der Waals surface area contributed by atoms with Crippen LogP contribution >= 0.6 is 15.6 Å². The van der Waals surface area contributed by atoms with Crippen LogP contribution in [-0.4, -0.2) is 96.7 Å². The van der Waals surface area contributed by atoms with Crippen LogP contribution in [0.3, 0.4) is 0 Å². The third-order valence-electron chi connectivity index (χ3n) is 21.3.